The van der Waals surface area contributed by atoms with E-state index in [2.05, 4.69) is 0 Å². The van der Waals surface area contributed by atoms with Crippen molar-refractivity contribution < 1.29 is 36.2 Å². The summed E-state index contributed by atoms with van der Waals surface area (Å²) in [5.41, 5.74) is -4.26. The van der Waals surface area contributed by atoms with Crippen LogP contribution in [-0.2, 0) is 12.4 Å². The number of aromatic carboxylic acids is 1. The predicted molar refractivity (Wildman–Crippen MR) is 80.2 cm³/mol. The smallest absolute Gasteiger partial charge is 0.417 e. The van der Waals surface area contributed by atoms with E-state index < -0.39 is 43.1 Å². The van der Waals surface area contributed by atoms with Gasteiger partial charge in [0, 0.05) is 0 Å². The summed E-state index contributed by atoms with van der Waals surface area (Å²) in [5, 5.41) is 8.81. The number of hydrogen-bond acceptors (Lipinski definition) is 1. The molecular formula is C15H18F6O2Si. The second-order valence-electron chi connectivity index (χ2n) is 5.59. The average Bonchev–Trinajstić information content (AvgIpc) is 2.46. The summed E-state index contributed by atoms with van der Waals surface area (Å²) in [4.78, 5) is 11.2. The first-order valence-electron chi connectivity index (χ1n) is 7.40. The molecule has 0 atom stereocenters. The molecule has 1 aromatic rings. The third-order valence-corrected chi connectivity index (χ3v) is 10.2. The van der Waals surface area contributed by atoms with Gasteiger partial charge in [0.05, 0.1) is 24.8 Å². The number of rotatable bonds is 5. The maximum Gasteiger partial charge on any atom is 0.417 e. The molecular weight excluding hydrogens is 354 g/mol. The van der Waals surface area contributed by atoms with Gasteiger partial charge >= 0.3 is 18.3 Å². The van der Waals surface area contributed by atoms with Crippen LogP contribution < -0.4 is 5.19 Å². The molecule has 0 unspecified atom stereocenters. The van der Waals surface area contributed by atoms with E-state index in [1.807, 2.05) is 0 Å². The number of carbonyl (C=O) groups is 1. The van der Waals surface area contributed by atoms with Crippen molar-refractivity contribution in [2.75, 3.05) is 0 Å². The Kier molecular flexibility index (Phi) is 5.80. The van der Waals surface area contributed by atoms with E-state index in [0.29, 0.717) is 24.2 Å². The van der Waals surface area contributed by atoms with Crippen molar-refractivity contribution in [3.05, 3.63) is 28.8 Å². The molecule has 1 aromatic carbocycles. The van der Waals surface area contributed by atoms with Crippen LogP contribution in [-0.4, -0.2) is 19.1 Å². The monoisotopic (exact) mass is 372 g/mol. The normalized spacial score (nSPS) is 13.2. The molecule has 0 spiro atoms. The number of alkyl halides is 6. The minimum atomic E-state index is -5.18. The summed E-state index contributed by atoms with van der Waals surface area (Å²) < 4.78 is 79.3. The van der Waals surface area contributed by atoms with Gasteiger partial charge in [-0.05, 0) is 17.3 Å². The van der Waals surface area contributed by atoms with Crippen LogP contribution in [0.5, 0.6) is 0 Å². The van der Waals surface area contributed by atoms with Gasteiger partial charge in [-0.1, -0.05) is 38.9 Å². The minimum absolute atomic E-state index is 0.0402. The zero-order valence-electron chi connectivity index (χ0n) is 13.4. The second kappa shape index (κ2) is 6.77. The standard InChI is InChI=1S/C15H18F6O2Si/c1-4-24(5-2,6-3)12-7-9(13(22)23)10(14(16,17)18)8-11(12)15(19,20)21/h7-8H,4-6H2,1-3H3,(H,22,23). The lowest BCUT2D eigenvalue weighted by Gasteiger charge is -2.32. The lowest BCUT2D eigenvalue weighted by atomic mass is 10.0. The Morgan fingerprint density at radius 3 is 1.62 bits per heavy atom. The molecule has 1 rings (SSSR count). The molecule has 0 aromatic heterocycles. The SMILES string of the molecule is CC[Si](CC)(CC)c1cc(C(=O)O)c(C(F)(F)F)cc1C(F)(F)F. The third-order valence-electron chi connectivity index (χ3n) is 4.60. The molecule has 0 saturated heterocycles. The highest BCUT2D eigenvalue weighted by molar-refractivity contribution is 6.92. The van der Waals surface area contributed by atoms with Crippen LogP contribution >= 0.6 is 0 Å². The Bertz CT molecular complexity index is 609. The van der Waals surface area contributed by atoms with E-state index in [9.17, 15) is 31.1 Å². The molecule has 1 N–H and O–H groups in total. The fraction of sp³-hybridized carbons (Fsp3) is 0.533. The summed E-state index contributed by atoms with van der Waals surface area (Å²) in [6, 6.07) is 1.72. The molecule has 9 heteroatoms. The molecule has 0 fully saturated rings. The molecule has 136 valence electrons. The number of halogens is 6. The van der Waals surface area contributed by atoms with Crippen molar-refractivity contribution in [3.8, 4) is 0 Å². The molecule has 2 nitrogen and oxygen atoms in total. The van der Waals surface area contributed by atoms with Gasteiger partial charge in [-0.15, -0.1) is 0 Å². The Labute approximate surface area is 136 Å². The van der Waals surface area contributed by atoms with Crippen LogP contribution in [0.1, 0.15) is 42.3 Å². The van der Waals surface area contributed by atoms with Gasteiger partial charge in [-0.3, -0.25) is 0 Å². The molecule has 0 radical (unpaired) electrons. The van der Waals surface area contributed by atoms with Gasteiger partial charge in [0.1, 0.15) is 0 Å². The summed E-state index contributed by atoms with van der Waals surface area (Å²) in [6.07, 6.45) is -10.2. The van der Waals surface area contributed by atoms with Crippen LogP contribution in [0.15, 0.2) is 12.1 Å². The van der Waals surface area contributed by atoms with Crippen LogP contribution in [0.3, 0.4) is 0 Å². The van der Waals surface area contributed by atoms with E-state index in [1.165, 1.54) is 0 Å². The van der Waals surface area contributed by atoms with Crippen molar-refractivity contribution in [1.29, 1.82) is 0 Å². The highest BCUT2D eigenvalue weighted by atomic mass is 28.3. The third kappa shape index (κ3) is 3.76. The van der Waals surface area contributed by atoms with Crippen molar-refractivity contribution in [3.63, 3.8) is 0 Å². The summed E-state index contributed by atoms with van der Waals surface area (Å²) in [6.45, 7) is 5.08. The molecule has 0 heterocycles. The summed E-state index contributed by atoms with van der Waals surface area (Å²) >= 11 is 0. The number of carboxylic acid groups (broad SMARTS) is 1. The summed E-state index contributed by atoms with van der Waals surface area (Å²) in [5.74, 6) is -1.89. The van der Waals surface area contributed by atoms with Crippen molar-refractivity contribution in [2.45, 2.75) is 51.3 Å². The molecule has 0 aliphatic rings. The van der Waals surface area contributed by atoms with Crippen LogP contribution in [0.4, 0.5) is 26.3 Å². The molecule has 0 amide bonds. The van der Waals surface area contributed by atoms with E-state index in [1.54, 1.807) is 20.8 Å². The van der Waals surface area contributed by atoms with E-state index >= 15 is 0 Å². The number of carboxylic acids is 1. The highest BCUT2D eigenvalue weighted by Gasteiger charge is 2.45. The van der Waals surface area contributed by atoms with E-state index in [4.69, 9.17) is 5.11 Å². The minimum Gasteiger partial charge on any atom is -0.478 e. The quantitative estimate of drug-likeness (QED) is 0.574. The first-order chi connectivity index (χ1) is 10.8. The maximum absolute atomic E-state index is 13.4. The molecule has 0 aliphatic heterocycles. The van der Waals surface area contributed by atoms with Gasteiger partial charge in [0.15, 0.2) is 0 Å². The zero-order chi connectivity index (χ0) is 18.9. The average molecular weight is 372 g/mol. The molecule has 0 aliphatic carbocycles. The number of benzene rings is 1. The van der Waals surface area contributed by atoms with Gasteiger partial charge in [0.2, 0.25) is 0 Å². The van der Waals surface area contributed by atoms with Crippen LogP contribution in [0.2, 0.25) is 18.1 Å². The lowest BCUT2D eigenvalue weighted by Crippen LogP contribution is -2.49. The van der Waals surface area contributed by atoms with Crippen LogP contribution in [0.25, 0.3) is 0 Å². The number of hydrogen-bond donors (Lipinski definition) is 1. The topological polar surface area (TPSA) is 37.3 Å². The summed E-state index contributed by atoms with van der Waals surface area (Å²) in [7, 11) is -2.76. The van der Waals surface area contributed by atoms with Crippen molar-refractivity contribution in [1.82, 2.24) is 0 Å². The lowest BCUT2D eigenvalue weighted by molar-refractivity contribution is -0.142. The second-order valence-corrected chi connectivity index (χ2v) is 10.8. The Balaban J connectivity index is 3.95. The van der Waals surface area contributed by atoms with Gasteiger partial charge in [-0.2, -0.15) is 26.3 Å². The van der Waals surface area contributed by atoms with E-state index in [-0.39, 0.29) is 11.3 Å². The largest absolute Gasteiger partial charge is 0.478 e. The van der Waals surface area contributed by atoms with Gasteiger partial charge in [0.25, 0.3) is 0 Å². The Hall–Kier alpha value is -1.51. The highest BCUT2D eigenvalue weighted by Crippen LogP contribution is 2.38. The van der Waals surface area contributed by atoms with Crippen LogP contribution in [0, 0.1) is 0 Å². The fourth-order valence-electron chi connectivity index (χ4n) is 3.01. The molecule has 0 bridgehead atoms. The van der Waals surface area contributed by atoms with Gasteiger partial charge < -0.3 is 5.11 Å². The zero-order valence-corrected chi connectivity index (χ0v) is 14.4. The first kappa shape index (κ1) is 20.5. The fourth-order valence-corrected chi connectivity index (χ4v) is 6.88. The van der Waals surface area contributed by atoms with Crippen molar-refractivity contribution >= 4 is 19.2 Å². The Morgan fingerprint density at radius 2 is 1.33 bits per heavy atom. The first-order valence-corrected chi connectivity index (χ1v) is 10.0. The molecule has 24 heavy (non-hydrogen) atoms. The molecule has 0 saturated carbocycles. The maximum atomic E-state index is 13.4. The van der Waals surface area contributed by atoms with E-state index in [0.717, 1.165) is 0 Å². The Morgan fingerprint density at radius 1 is 0.917 bits per heavy atom. The van der Waals surface area contributed by atoms with Gasteiger partial charge in [-0.25, -0.2) is 4.79 Å². The van der Waals surface area contributed by atoms with Crippen molar-refractivity contribution in [2.24, 2.45) is 0 Å². The predicted octanol–water partition coefficient (Wildman–Crippen LogP) is 5.14.